The van der Waals surface area contributed by atoms with Crippen LogP contribution in [-0.2, 0) is 6.61 Å². The van der Waals surface area contributed by atoms with Crippen molar-refractivity contribution in [2.75, 3.05) is 6.54 Å². The molecule has 1 aliphatic rings. The number of hydrogen-bond donors (Lipinski definition) is 2. The van der Waals surface area contributed by atoms with Crippen LogP contribution in [0.5, 0.6) is 5.75 Å². The summed E-state index contributed by atoms with van der Waals surface area (Å²) in [6, 6.07) is 17.2. The smallest absolute Gasteiger partial charge is 0.251 e. The van der Waals surface area contributed by atoms with Crippen LogP contribution in [0.2, 0.25) is 0 Å². The predicted molar refractivity (Wildman–Crippen MR) is 97.5 cm³/mol. The average molecular weight is 339 g/mol. The predicted octanol–water partition coefficient (Wildman–Crippen LogP) is 3.55. The molecule has 4 heteroatoms. The van der Waals surface area contributed by atoms with Gasteiger partial charge in [0.1, 0.15) is 12.4 Å². The van der Waals surface area contributed by atoms with E-state index in [1.807, 2.05) is 54.6 Å². The molecule has 2 unspecified atom stereocenters. The molecule has 132 valence electrons. The Balaban J connectivity index is 1.47. The number of carbonyl (C=O) groups excluding carboxylic acids is 1. The summed E-state index contributed by atoms with van der Waals surface area (Å²) >= 11 is 0. The first-order valence-electron chi connectivity index (χ1n) is 8.94. The molecule has 3 rings (SSSR count). The third kappa shape index (κ3) is 5.33. The maximum absolute atomic E-state index is 12.3. The number of rotatable bonds is 6. The lowest BCUT2D eigenvalue weighted by Crippen LogP contribution is -2.32. The minimum absolute atomic E-state index is 0.0596. The highest BCUT2D eigenvalue weighted by molar-refractivity contribution is 5.94. The van der Waals surface area contributed by atoms with Crippen LogP contribution in [0.25, 0.3) is 0 Å². The second-order valence-corrected chi connectivity index (χ2v) is 6.70. The molecular formula is C21H25NO3. The van der Waals surface area contributed by atoms with Gasteiger partial charge >= 0.3 is 0 Å². The van der Waals surface area contributed by atoms with Gasteiger partial charge in [-0.2, -0.15) is 0 Å². The van der Waals surface area contributed by atoms with Gasteiger partial charge in [-0.05, 0) is 55.0 Å². The van der Waals surface area contributed by atoms with Crippen LogP contribution < -0.4 is 10.1 Å². The highest BCUT2D eigenvalue weighted by Gasteiger charge is 2.20. The number of hydrogen-bond acceptors (Lipinski definition) is 3. The van der Waals surface area contributed by atoms with E-state index in [0.717, 1.165) is 37.0 Å². The zero-order valence-electron chi connectivity index (χ0n) is 14.4. The lowest BCUT2D eigenvalue weighted by atomic mass is 9.87. The second-order valence-electron chi connectivity index (χ2n) is 6.70. The van der Waals surface area contributed by atoms with Crippen molar-refractivity contribution >= 4 is 5.91 Å². The second kappa shape index (κ2) is 8.67. The molecule has 0 aromatic heterocycles. The first kappa shape index (κ1) is 17.5. The van der Waals surface area contributed by atoms with Gasteiger partial charge in [-0.15, -0.1) is 0 Å². The minimum atomic E-state index is -0.209. The third-order valence-electron chi connectivity index (χ3n) is 4.67. The monoisotopic (exact) mass is 339 g/mol. The van der Waals surface area contributed by atoms with Crippen LogP contribution in [0, 0.1) is 5.92 Å². The molecule has 0 heterocycles. The number of aliphatic hydroxyl groups excluding tert-OH is 1. The van der Waals surface area contributed by atoms with Crippen LogP contribution in [0.3, 0.4) is 0 Å². The van der Waals surface area contributed by atoms with Crippen LogP contribution in [0.1, 0.15) is 41.6 Å². The van der Waals surface area contributed by atoms with Gasteiger partial charge in [-0.25, -0.2) is 0 Å². The largest absolute Gasteiger partial charge is 0.489 e. The Kier molecular flexibility index (Phi) is 6.07. The molecule has 1 fully saturated rings. The van der Waals surface area contributed by atoms with E-state index in [2.05, 4.69) is 5.32 Å². The summed E-state index contributed by atoms with van der Waals surface area (Å²) in [7, 11) is 0. The standard InChI is InChI=1S/C21H25NO3/c23-19-6-4-5-17(13-19)14-22-21(24)18-11-9-16(10-12-18)15-25-20-7-2-1-3-8-20/h1-3,7-12,17,19,23H,4-6,13-15H2,(H,22,24). The fourth-order valence-corrected chi connectivity index (χ4v) is 3.22. The van der Waals surface area contributed by atoms with Gasteiger partial charge in [0, 0.05) is 12.1 Å². The van der Waals surface area contributed by atoms with E-state index >= 15 is 0 Å². The molecule has 0 aliphatic heterocycles. The van der Waals surface area contributed by atoms with Crippen molar-refractivity contribution in [2.24, 2.45) is 5.92 Å². The highest BCUT2D eigenvalue weighted by atomic mass is 16.5. The van der Waals surface area contributed by atoms with E-state index in [1.165, 1.54) is 0 Å². The number of nitrogens with one attached hydrogen (secondary N) is 1. The lowest BCUT2D eigenvalue weighted by molar-refractivity contribution is 0.0874. The summed E-state index contributed by atoms with van der Waals surface area (Å²) in [5.41, 5.74) is 1.68. The Labute approximate surface area is 148 Å². The van der Waals surface area contributed by atoms with Crippen LogP contribution in [-0.4, -0.2) is 23.7 Å². The van der Waals surface area contributed by atoms with Crippen molar-refractivity contribution in [1.82, 2.24) is 5.32 Å². The fourth-order valence-electron chi connectivity index (χ4n) is 3.22. The topological polar surface area (TPSA) is 58.6 Å². The molecule has 0 bridgehead atoms. The Morgan fingerprint density at radius 3 is 2.56 bits per heavy atom. The van der Waals surface area contributed by atoms with Crippen LogP contribution >= 0.6 is 0 Å². The van der Waals surface area contributed by atoms with Gasteiger partial charge in [-0.3, -0.25) is 4.79 Å². The fraction of sp³-hybridized carbons (Fsp3) is 0.381. The Morgan fingerprint density at radius 1 is 1.08 bits per heavy atom. The van der Waals surface area contributed by atoms with E-state index < -0.39 is 0 Å². The zero-order valence-corrected chi connectivity index (χ0v) is 14.4. The van der Waals surface area contributed by atoms with E-state index in [1.54, 1.807) is 0 Å². The van der Waals surface area contributed by atoms with Gasteiger partial charge in [0.25, 0.3) is 5.91 Å². The van der Waals surface area contributed by atoms with Crippen molar-refractivity contribution < 1.29 is 14.6 Å². The quantitative estimate of drug-likeness (QED) is 0.846. The van der Waals surface area contributed by atoms with Gasteiger partial charge in [0.2, 0.25) is 0 Å². The van der Waals surface area contributed by atoms with E-state index in [9.17, 15) is 9.90 Å². The van der Waals surface area contributed by atoms with Crippen molar-refractivity contribution in [3.8, 4) is 5.75 Å². The molecular weight excluding hydrogens is 314 g/mol. The summed E-state index contributed by atoms with van der Waals surface area (Å²) < 4.78 is 5.71. The molecule has 0 radical (unpaired) electrons. The van der Waals surface area contributed by atoms with Gasteiger partial charge in [-0.1, -0.05) is 36.8 Å². The van der Waals surface area contributed by atoms with E-state index in [4.69, 9.17) is 4.74 Å². The van der Waals surface area contributed by atoms with Crippen molar-refractivity contribution in [1.29, 1.82) is 0 Å². The molecule has 0 saturated heterocycles. The Bertz CT molecular complexity index is 669. The molecule has 25 heavy (non-hydrogen) atoms. The molecule has 2 aromatic carbocycles. The number of para-hydroxylation sites is 1. The molecule has 1 saturated carbocycles. The normalized spacial score (nSPS) is 20.0. The molecule has 2 N–H and O–H groups in total. The lowest BCUT2D eigenvalue weighted by Gasteiger charge is -2.25. The molecule has 0 spiro atoms. The summed E-state index contributed by atoms with van der Waals surface area (Å²) in [6.07, 6.45) is 3.58. The summed E-state index contributed by atoms with van der Waals surface area (Å²) in [5, 5.41) is 12.7. The Morgan fingerprint density at radius 2 is 1.84 bits per heavy atom. The highest BCUT2D eigenvalue weighted by Crippen LogP contribution is 2.23. The van der Waals surface area contributed by atoms with Crippen LogP contribution in [0.4, 0.5) is 0 Å². The van der Waals surface area contributed by atoms with Crippen molar-refractivity contribution in [2.45, 2.75) is 38.4 Å². The molecule has 2 atom stereocenters. The van der Waals surface area contributed by atoms with Crippen molar-refractivity contribution in [3.63, 3.8) is 0 Å². The third-order valence-corrected chi connectivity index (χ3v) is 4.67. The number of aliphatic hydroxyl groups is 1. The van der Waals surface area contributed by atoms with Gasteiger partial charge in [0.05, 0.1) is 6.10 Å². The molecule has 1 amide bonds. The first-order chi connectivity index (χ1) is 12.2. The first-order valence-corrected chi connectivity index (χ1v) is 8.94. The maximum atomic E-state index is 12.3. The Hall–Kier alpha value is -2.33. The SMILES string of the molecule is O=C(NCC1CCCC(O)C1)c1ccc(COc2ccccc2)cc1. The van der Waals surface area contributed by atoms with E-state index in [-0.39, 0.29) is 12.0 Å². The maximum Gasteiger partial charge on any atom is 0.251 e. The average Bonchev–Trinajstić information content (AvgIpc) is 2.66. The molecule has 1 aliphatic carbocycles. The van der Waals surface area contributed by atoms with Crippen molar-refractivity contribution in [3.05, 3.63) is 65.7 Å². The number of carbonyl (C=O) groups is 1. The van der Waals surface area contributed by atoms with Gasteiger partial charge in [0.15, 0.2) is 0 Å². The zero-order chi connectivity index (χ0) is 17.5. The van der Waals surface area contributed by atoms with Crippen LogP contribution in [0.15, 0.2) is 54.6 Å². The summed E-state index contributed by atoms with van der Waals surface area (Å²) in [5.74, 6) is 1.15. The molecule has 4 nitrogen and oxygen atoms in total. The number of amides is 1. The molecule has 2 aromatic rings. The number of ether oxygens (including phenoxy) is 1. The summed E-state index contributed by atoms with van der Waals surface area (Å²) in [4.78, 5) is 12.3. The minimum Gasteiger partial charge on any atom is -0.489 e. The van der Waals surface area contributed by atoms with Gasteiger partial charge < -0.3 is 15.2 Å². The summed E-state index contributed by atoms with van der Waals surface area (Å²) in [6.45, 7) is 1.11. The van der Waals surface area contributed by atoms with E-state index in [0.29, 0.717) is 24.6 Å². The number of benzene rings is 2.